The summed E-state index contributed by atoms with van der Waals surface area (Å²) < 4.78 is 37.5. The lowest BCUT2D eigenvalue weighted by Crippen LogP contribution is -2.39. The Morgan fingerprint density at radius 2 is 2.16 bits per heavy atom. The molecule has 0 saturated carbocycles. The fraction of sp³-hybridized carbons (Fsp3) is 0.455. The number of hydrogen-bond acceptors (Lipinski definition) is 5. The molecule has 1 rings (SSSR count). The van der Waals surface area contributed by atoms with Crippen LogP contribution >= 0.6 is 0 Å². The minimum absolute atomic E-state index is 0.000652. The van der Waals surface area contributed by atoms with Gasteiger partial charge in [0.1, 0.15) is 17.6 Å². The highest BCUT2D eigenvalue weighted by atomic mass is 19.4. The number of nitrogens with zero attached hydrogens (tertiary/aromatic N) is 2. The van der Waals surface area contributed by atoms with Crippen molar-refractivity contribution in [1.82, 2.24) is 4.98 Å². The van der Waals surface area contributed by atoms with E-state index in [2.05, 4.69) is 10.3 Å². The van der Waals surface area contributed by atoms with Gasteiger partial charge in [0.25, 0.3) is 0 Å². The molecule has 0 amide bonds. The van der Waals surface area contributed by atoms with Crippen molar-refractivity contribution < 1.29 is 18.3 Å². The maximum absolute atomic E-state index is 12.5. The second-order valence-electron chi connectivity index (χ2n) is 3.99. The maximum Gasteiger partial charge on any atom is 0.433 e. The van der Waals surface area contributed by atoms with Crippen LogP contribution in [0.15, 0.2) is 12.1 Å². The van der Waals surface area contributed by atoms with E-state index >= 15 is 0 Å². The Balaban J connectivity index is 2.95. The number of nitriles is 1. The van der Waals surface area contributed by atoms with Crippen molar-refractivity contribution in [3.8, 4) is 6.07 Å². The fourth-order valence-corrected chi connectivity index (χ4v) is 1.23. The number of nitrogens with two attached hydrogens (primary N) is 1. The zero-order valence-corrected chi connectivity index (χ0v) is 10.1. The number of rotatable bonds is 4. The third-order valence-electron chi connectivity index (χ3n) is 2.43. The van der Waals surface area contributed by atoms with Gasteiger partial charge in [0.05, 0.1) is 11.7 Å². The van der Waals surface area contributed by atoms with Crippen LogP contribution in [0.4, 0.5) is 19.0 Å². The molecule has 2 unspecified atom stereocenters. The summed E-state index contributed by atoms with van der Waals surface area (Å²) in [7, 11) is 0. The number of aromatic nitrogens is 1. The predicted octanol–water partition coefficient (Wildman–Crippen LogP) is 1.09. The lowest BCUT2D eigenvalue weighted by molar-refractivity contribution is -0.141. The van der Waals surface area contributed by atoms with Crippen LogP contribution in [0, 0.1) is 11.3 Å². The topological polar surface area (TPSA) is 95.0 Å². The number of halogens is 3. The van der Waals surface area contributed by atoms with Gasteiger partial charge >= 0.3 is 6.18 Å². The summed E-state index contributed by atoms with van der Waals surface area (Å²) in [5.74, 6) is -0.201. The minimum atomic E-state index is -4.59. The van der Waals surface area contributed by atoms with Crippen LogP contribution in [-0.4, -0.2) is 28.8 Å². The molecule has 1 heterocycles. The van der Waals surface area contributed by atoms with E-state index in [9.17, 15) is 18.3 Å². The van der Waals surface area contributed by atoms with Gasteiger partial charge in [-0.25, -0.2) is 4.98 Å². The molecule has 0 spiro atoms. The maximum atomic E-state index is 12.5. The zero-order valence-electron chi connectivity index (χ0n) is 10.1. The molecule has 0 aromatic carbocycles. The molecule has 8 heteroatoms. The Bertz CT molecular complexity index is 482. The van der Waals surface area contributed by atoms with E-state index < -0.39 is 24.0 Å². The van der Waals surface area contributed by atoms with Crippen molar-refractivity contribution >= 4 is 5.82 Å². The van der Waals surface area contributed by atoms with Crippen LogP contribution in [0.5, 0.6) is 0 Å². The monoisotopic (exact) mass is 274 g/mol. The molecule has 4 N–H and O–H groups in total. The summed E-state index contributed by atoms with van der Waals surface area (Å²) in [4.78, 5) is 3.35. The van der Waals surface area contributed by atoms with Crippen molar-refractivity contribution in [1.29, 1.82) is 5.26 Å². The Morgan fingerprint density at radius 3 is 2.63 bits per heavy atom. The molecule has 2 atom stereocenters. The molecule has 0 aliphatic carbocycles. The van der Waals surface area contributed by atoms with Crippen molar-refractivity contribution in [3.05, 3.63) is 23.4 Å². The summed E-state index contributed by atoms with van der Waals surface area (Å²) in [6.45, 7) is 1.46. The first-order chi connectivity index (χ1) is 8.75. The predicted molar refractivity (Wildman–Crippen MR) is 62.1 cm³/mol. The summed E-state index contributed by atoms with van der Waals surface area (Å²) in [6.07, 6.45) is -5.42. The van der Waals surface area contributed by atoms with Gasteiger partial charge < -0.3 is 16.2 Å². The second-order valence-corrected chi connectivity index (χ2v) is 3.99. The van der Waals surface area contributed by atoms with Gasteiger partial charge in [-0.15, -0.1) is 0 Å². The van der Waals surface area contributed by atoms with Gasteiger partial charge in [0.15, 0.2) is 0 Å². The van der Waals surface area contributed by atoms with Gasteiger partial charge in [0, 0.05) is 12.6 Å². The number of hydrogen-bond donors (Lipinski definition) is 3. The first kappa shape index (κ1) is 15.2. The highest BCUT2D eigenvalue weighted by molar-refractivity contribution is 5.52. The Labute approximate surface area is 107 Å². The van der Waals surface area contributed by atoms with E-state index in [4.69, 9.17) is 11.0 Å². The fourth-order valence-electron chi connectivity index (χ4n) is 1.23. The second kappa shape index (κ2) is 5.86. The molecule has 1 aromatic rings. The van der Waals surface area contributed by atoms with Gasteiger partial charge in [-0.1, -0.05) is 0 Å². The van der Waals surface area contributed by atoms with Crippen LogP contribution in [-0.2, 0) is 6.18 Å². The lowest BCUT2D eigenvalue weighted by atomic mass is 10.2. The lowest BCUT2D eigenvalue weighted by Gasteiger charge is -2.17. The first-order valence-electron chi connectivity index (χ1n) is 5.41. The number of pyridine rings is 1. The molecule has 0 radical (unpaired) electrons. The Morgan fingerprint density at radius 1 is 1.53 bits per heavy atom. The third-order valence-corrected chi connectivity index (χ3v) is 2.43. The average Bonchev–Trinajstić information content (AvgIpc) is 2.34. The van der Waals surface area contributed by atoms with E-state index in [1.54, 1.807) is 6.07 Å². The minimum Gasteiger partial charge on any atom is -0.392 e. The van der Waals surface area contributed by atoms with E-state index in [1.807, 2.05) is 0 Å². The number of nitrogens with one attached hydrogen (secondary N) is 1. The highest BCUT2D eigenvalue weighted by Gasteiger charge is 2.33. The Kier molecular flexibility index (Phi) is 4.69. The number of aliphatic hydroxyl groups excluding tert-OH is 1. The molecule has 0 aliphatic heterocycles. The molecule has 0 aliphatic rings. The van der Waals surface area contributed by atoms with E-state index in [-0.39, 0.29) is 17.9 Å². The number of alkyl halides is 3. The zero-order chi connectivity index (χ0) is 14.6. The summed E-state index contributed by atoms with van der Waals surface area (Å²) in [5, 5.41) is 20.5. The summed E-state index contributed by atoms with van der Waals surface area (Å²) >= 11 is 0. The van der Waals surface area contributed by atoms with Gasteiger partial charge in [-0.2, -0.15) is 18.4 Å². The standard InChI is InChI=1S/C11H13F3N4O/c1-6(19)8(16)5-17-10-7(4-15)2-3-9(18-10)11(12,13)14/h2-3,6,8,19H,5,16H2,1H3,(H,17,18). The van der Waals surface area contributed by atoms with Gasteiger partial charge in [0.2, 0.25) is 0 Å². The molecule has 19 heavy (non-hydrogen) atoms. The molecule has 0 fully saturated rings. The van der Waals surface area contributed by atoms with E-state index in [0.717, 1.165) is 12.1 Å². The number of anilines is 1. The molecular formula is C11H13F3N4O. The average molecular weight is 274 g/mol. The first-order valence-corrected chi connectivity index (χ1v) is 5.41. The quantitative estimate of drug-likeness (QED) is 0.764. The van der Waals surface area contributed by atoms with Crippen LogP contribution in [0.25, 0.3) is 0 Å². The highest BCUT2D eigenvalue weighted by Crippen LogP contribution is 2.29. The molecule has 104 valence electrons. The Hall–Kier alpha value is -1.85. The van der Waals surface area contributed by atoms with Gasteiger partial charge in [-0.05, 0) is 19.1 Å². The van der Waals surface area contributed by atoms with Crippen molar-refractivity contribution in [2.45, 2.75) is 25.2 Å². The van der Waals surface area contributed by atoms with Crippen LogP contribution in [0.3, 0.4) is 0 Å². The van der Waals surface area contributed by atoms with Gasteiger partial charge in [-0.3, -0.25) is 0 Å². The van der Waals surface area contributed by atoms with Crippen LogP contribution in [0.2, 0.25) is 0 Å². The summed E-state index contributed by atoms with van der Waals surface area (Å²) in [6, 6.07) is 2.82. The molecule has 0 saturated heterocycles. The van der Waals surface area contributed by atoms with E-state index in [0.29, 0.717) is 0 Å². The SMILES string of the molecule is CC(O)C(N)CNc1nc(C(F)(F)F)ccc1C#N. The van der Waals surface area contributed by atoms with Crippen molar-refractivity contribution in [3.63, 3.8) is 0 Å². The van der Waals surface area contributed by atoms with Crippen molar-refractivity contribution in [2.24, 2.45) is 5.73 Å². The van der Waals surface area contributed by atoms with Crippen molar-refractivity contribution in [2.75, 3.05) is 11.9 Å². The molecule has 5 nitrogen and oxygen atoms in total. The van der Waals surface area contributed by atoms with Crippen LogP contribution < -0.4 is 11.1 Å². The van der Waals surface area contributed by atoms with E-state index in [1.165, 1.54) is 6.92 Å². The number of aliphatic hydroxyl groups is 1. The largest absolute Gasteiger partial charge is 0.433 e. The smallest absolute Gasteiger partial charge is 0.392 e. The van der Waals surface area contributed by atoms with Crippen LogP contribution in [0.1, 0.15) is 18.2 Å². The molecular weight excluding hydrogens is 261 g/mol. The normalized spacial score (nSPS) is 14.6. The summed E-state index contributed by atoms with van der Waals surface area (Å²) in [5.41, 5.74) is 4.41. The molecule has 0 bridgehead atoms. The molecule has 1 aromatic heterocycles. The third kappa shape index (κ3) is 4.08.